The van der Waals surface area contributed by atoms with E-state index in [1.54, 1.807) is 0 Å². The molecule has 2 atom stereocenters. The molecule has 0 N–H and O–H groups in total. The van der Waals surface area contributed by atoms with E-state index < -0.39 is 39.2 Å². The van der Waals surface area contributed by atoms with Crippen molar-refractivity contribution in [2.75, 3.05) is 13.1 Å². The molecule has 3 aliphatic rings. The maximum Gasteiger partial charge on any atom is 0.243 e. The lowest BCUT2D eigenvalue weighted by atomic mass is 9.82. The molecule has 3 fully saturated rings. The van der Waals surface area contributed by atoms with Crippen molar-refractivity contribution < 1.29 is 22.0 Å². The lowest BCUT2D eigenvalue weighted by Gasteiger charge is -2.45. The minimum Gasteiger partial charge on any atom is -0.343 e. The largest absolute Gasteiger partial charge is 0.343 e. The van der Waals surface area contributed by atoms with Gasteiger partial charge in [-0.15, -0.1) is 0 Å². The molecule has 2 aliphatic heterocycles. The highest BCUT2D eigenvalue weighted by Crippen LogP contribution is 2.58. The van der Waals surface area contributed by atoms with Crippen LogP contribution in [-0.2, 0) is 14.8 Å². The van der Waals surface area contributed by atoms with Gasteiger partial charge in [-0.3, -0.25) is 4.79 Å². The number of carbonyl (C=O) groups is 1. The zero-order valence-corrected chi connectivity index (χ0v) is 21.7. The van der Waals surface area contributed by atoms with Gasteiger partial charge in [-0.1, -0.05) is 11.6 Å². The van der Waals surface area contributed by atoms with Gasteiger partial charge in [0.05, 0.1) is 10.9 Å². The quantitative estimate of drug-likeness (QED) is 0.449. The molecule has 194 valence electrons. The number of benzene rings is 2. The van der Waals surface area contributed by atoms with Crippen LogP contribution in [0, 0.1) is 17.0 Å². The molecule has 0 spiro atoms. The third kappa shape index (κ3) is 5.04. The third-order valence-electron chi connectivity index (χ3n) is 8.04. The summed E-state index contributed by atoms with van der Waals surface area (Å²) in [5.41, 5.74) is -0.161. The minimum absolute atomic E-state index is 0.0787. The topological polar surface area (TPSA) is 57.7 Å². The van der Waals surface area contributed by atoms with Crippen LogP contribution in [0.2, 0.25) is 5.02 Å². The molecule has 5 rings (SSSR count). The van der Waals surface area contributed by atoms with Crippen molar-refractivity contribution in [3.05, 3.63) is 64.7 Å². The van der Waals surface area contributed by atoms with Crippen LogP contribution in [-0.4, -0.2) is 42.7 Å². The van der Waals surface area contributed by atoms with E-state index in [1.165, 1.54) is 40.7 Å². The second kappa shape index (κ2) is 10.0. The van der Waals surface area contributed by atoms with Gasteiger partial charge < -0.3 is 4.90 Å². The number of hydrogen-bond donors (Lipinski definition) is 0. The van der Waals surface area contributed by atoms with Gasteiger partial charge in [-0.25, -0.2) is 17.2 Å². The Morgan fingerprint density at radius 3 is 2.19 bits per heavy atom. The SMILES string of the molecule is O=C(CC1(C2CCCC(c3cc(F)cc(F)c3)N2S(=O)(=O)c2ccc(Cl)cc2)CC1)N1CCCCC1. The van der Waals surface area contributed by atoms with E-state index in [9.17, 15) is 22.0 Å². The first-order chi connectivity index (χ1) is 17.2. The Labute approximate surface area is 216 Å². The van der Waals surface area contributed by atoms with E-state index in [4.69, 9.17) is 11.6 Å². The standard InChI is InChI=1S/C27H31ClF2N2O3S/c28-20-7-9-23(10-8-20)36(34,35)32-24(19-15-21(29)17-22(30)16-19)5-4-6-25(32)27(11-12-27)18-26(33)31-13-2-1-3-14-31/h7-10,15-17,24-25H,1-6,11-14,18H2. The number of rotatable bonds is 6. The summed E-state index contributed by atoms with van der Waals surface area (Å²) < 4.78 is 58.2. The molecule has 1 aliphatic carbocycles. The summed E-state index contributed by atoms with van der Waals surface area (Å²) in [6.45, 7) is 1.50. The molecular weight excluding hydrogens is 506 g/mol. The van der Waals surface area contributed by atoms with Crippen LogP contribution >= 0.6 is 11.6 Å². The first-order valence-corrected chi connectivity index (χ1v) is 14.5. The third-order valence-corrected chi connectivity index (χ3v) is 10.2. The Morgan fingerprint density at radius 1 is 0.944 bits per heavy atom. The summed E-state index contributed by atoms with van der Waals surface area (Å²) in [4.78, 5) is 15.2. The molecule has 9 heteroatoms. The second-order valence-electron chi connectivity index (χ2n) is 10.4. The number of piperidine rings is 2. The van der Waals surface area contributed by atoms with Crippen LogP contribution < -0.4 is 0 Å². The molecule has 2 aromatic rings. The monoisotopic (exact) mass is 536 g/mol. The molecule has 2 unspecified atom stereocenters. The van der Waals surface area contributed by atoms with E-state index in [1.807, 2.05) is 4.90 Å². The van der Waals surface area contributed by atoms with Gasteiger partial charge in [0.25, 0.3) is 0 Å². The Bertz CT molecular complexity index is 1210. The highest BCUT2D eigenvalue weighted by molar-refractivity contribution is 7.89. The summed E-state index contributed by atoms with van der Waals surface area (Å²) in [6, 6.07) is 8.05. The van der Waals surface area contributed by atoms with Crippen molar-refractivity contribution in [3.63, 3.8) is 0 Å². The number of halogens is 3. The van der Waals surface area contributed by atoms with Crippen molar-refractivity contribution in [2.24, 2.45) is 5.41 Å². The first kappa shape index (κ1) is 25.6. The zero-order chi connectivity index (χ0) is 25.5. The molecule has 36 heavy (non-hydrogen) atoms. The summed E-state index contributed by atoms with van der Waals surface area (Å²) in [6.07, 6.45) is 6.68. The predicted molar refractivity (Wildman–Crippen MR) is 134 cm³/mol. The van der Waals surface area contributed by atoms with Crippen molar-refractivity contribution in [3.8, 4) is 0 Å². The molecule has 0 bridgehead atoms. The van der Waals surface area contributed by atoms with E-state index in [-0.39, 0.29) is 10.8 Å². The normalized spacial score (nSPS) is 24.5. The van der Waals surface area contributed by atoms with Gasteiger partial charge in [-0.05, 0) is 98.7 Å². The van der Waals surface area contributed by atoms with Crippen molar-refractivity contribution in [1.29, 1.82) is 0 Å². The Morgan fingerprint density at radius 2 is 1.58 bits per heavy atom. The number of sulfonamides is 1. The zero-order valence-electron chi connectivity index (χ0n) is 20.1. The predicted octanol–water partition coefficient (Wildman–Crippen LogP) is 6.09. The number of nitrogens with zero attached hydrogens (tertiary/aromatic N) is 2. The van der Waals surface area contributed by atoms with E-state index >= 15 is 0 Å². The molecule has 0 aromatic heterocycles. The van der Waals surface area contributed by atoms with E-state index in [0.717, 1.165) is 51.3 Å². The molecule has 0 radical (unpaired) electrons. The fraction of sp³-hybridized carbons (Fsp3) is 0.519. The molecule has 2 heterocycles. The highest BCUT2D eigenvalue weighted by atomic mass is 35.5. The summed E-state index contributed by atoms with van der Waals surface area (Å²) in [5, 5.41) is 0.415. The molecular formula is C27H31ClF2N2O3S. The fourth-order valence-corrected chi connectivity index (χ4v) is 8.12. The van der Waals surface area contributed by atoms with Crippen molar-refractivity contribution >= 4 is 27.5 Å². The number of hydrogen-bond acceptors (Lipinski definition) is 3. The molecule has 2 saturated heterocycles. The van der Waals surface area contributed by atoms with Crippen LogP contribution in [0.25, 0.3) is 0 Å². The first-order valence-electron chi connectivity index (χ1n) is 12.7. The Kier molecular flexibility index (Phi) is 7.13. The van der Waals surface area contributed by atoms with Gasteiger partial charge in [-0.2, -0.15) is 4.31 Å². The smallest absolute Gasteiger partial charge is 0.243 e. The molecule has 5 nitrogen and oxygen atoms in total. The average molecular weight is 537 g/mol. The summed E-state index contributed by atoms with van der Waals surface area (Å²) in [5.74, 6) is -1.40. The van der Waals surface area contributed by atoms with E-state index in [2.05, 4.69) is 0 Å². The molecule has 2 aromatic carbocycles. The fourth-order valence-electron chi connectivity index (χ4n) is 6.04. The number of likely N-dealkylation sites (tertiary alicyclic amines) is 1. The number of carbonyl (C=O) groups excluding carboxylic acids is 1. The van der Waals surface area contributed by atoms with Gasteiger partial charge in [0.1, 0.15) is 11.6 Å². The van der Waals surface area contributed by atoms with Crippen LogP contribution in [0.3, 0.4) is 0 Å². The van der Waals surface area contributed by atoms with Gasteiger partial charge in [0.15, 0.2) is 0 Å². The van der Waals surface area contributed by atoms with Crippen LogP contribution in [0.5, 0.6) is 0 Å². The maximum absolute atomic E-state index is 14.2. The molecule has 1 amide bonds. The van der Waals surface area contributed by atoms with E-state index in [0.29, 0.717) is 36.3 Å². The number of amides is 1. The maximum atomic E-state index is 14.2. The summed E-state index contributed by atoms with van der Waals surface area (Å²) >= 11 is 6.02. The second-order valence-corrected chi connectivity index (χ2v) is 12.7. The Balaban J connectivity index is 1.54. The van der Waals surface area contributed by atoms with Gasteiger partial charge in [0, 0.05) is 36.6 Å². The van der Waals surface area contributed by atoms with Crippen molar-refractivity contribution in [2.45, 2.75) is 74.8 Å². The average Bonchev–Trinajstić information content (AvgIpc) is 3.64. The van der Waals surface area contributed by atoms with Crippen LogP contribution in [0.15, 0.2) is 47.4 Å². The minimum atomic E-state index is -4.05. The Hall–Kier alpha value is -2.03. The highest BCUT2D eigenvalue weighted by Gasteiger charge is 2.57. The molecule has 1 saturated carbocycles. The van der Waals surface area contributed by atoms with Crippen LogP contribution in [0.1, 0.15) is 69.4 Å². The van der Waals surface area contributed by atoms with Gasteiger partial charge >= 0.3 is 0 Å². The van der Waals surface area contributed by atoms with Gasteiger partial charge in [0.2, 0.25) is 15.9 Å². The van der Waals surface area contributed by atoms with Crippen LogP contribution in [0.4, 0.5) is 8.78 Å². The van der Waals surface area contributed by atoms with Crippen molar-refractivity contribution in [1.82, 2.24) is 9.21 Å². The summed E-state index contributed by atoms with van der Waals surface area (Å²) in [7, 11) is -4.05. The lowest BCUT2D eigenvalue weighted by Crippen LogP contribution is -2.51. The lowest BCUT2D eigenvalue weighted by molar-refractivity contribution is -0.134.